The van der Waals surface area contributed by atoms with Gasteiger partial charge in [-0.05, 0) is 29.0 Å². The zero-order valence-corrected chi connectivity index (χ0v) is 13.1. The summed E-state index contributed by atoms with van der Waals surface area (Å²) in [5.41, 5.74) is -1.82. The summed E-state index contributed by atoms with van der Waals surface area (Å²) in [4.78, 5) is 14.1. The Morgan fingerprint density at radius 3 is 2.50 bits per heavy atom. The van der Waals surface area contributed by atoms with Gasteiger partial charge < -0.3 is 5.11 Å². The highest BCUT2D eigenvalue weighted by Gasteiger charge is 2.33. The fourth-order valence-electron chi connectivity index (χ4n) is 2.51. The molecular formula is C18H11F3N2O3. The average molecular weight is 360 g/mol. The Labute approximate surface area is 145 Å². The molecule has 0 radical (unpaired) electrons. The normalized spacial score (nSPS) is 12.0. The van der Waals surface area contributed by atoms with Crippen LogP contribution in [0.5, 0.6) is 5.75 Å². The molecule has 26 heavy (non-hydrogen) atoms. The van der Waals surface area contributed by atoms with Gasteiger partial charge in [-0.1, -0.05) is 30.3 Å². The molecule has 8 heteroatoms. The van der Waals surface area contributed by atoms with E-state index in [4.69, 9.17) is 0 Å². The highest BCUT2D eigenvalue weighted by molar-refractivity contribution is 6.03. The molecule has 5 nitrogen and oxygen atoms in total. The zero-order valence-electron chi connectivity index (χ0n) is 13.1. The van der Waals surface area contributed by atoms with E-state index in [9.17, 15) is 28.4 Å². The molecule has 0 atom stereocenters. The predicted molar refractivity (Wildman–Crippen MR) is 91.0 cm³/mol. The molecule has 0 fully saturated rings. The Kier molecular flexibility index (Phi) is 4.33. The van der Waals surface area contributed by atoms with Gasteiger partial charge in [-0.3, -0.25) is 10.1 Å². The summed E-state index contributed by atoms with van der Waals surface area (Å²) in [6.07, 6.45) is -3.49. The number of nitrogens with zero attached hydrogens (tertiary/aromatic N) is 2. The van der Waals surface area contributed by atoms with Crippen molar-refractivity contribution in [1.82, 2.24) is 0 Å². The van der Waals surface area contributed by atoms with Crippen molar-refractivity contribution < 1.29 is 23.2 Å². The molecule has 0 bridgehead atoms. The number of rotatable bonds is 3. The lowest BCUT2D eigenvalue weighted by Crippen LogP contribution is -2.05. The van der Waals surface area contributed by atoms with Crippen LogP contribution in [0.1, 0.15) is 11.1 Å². The number of benzene rings is 3. The third-order valence-corrected chi connectivity index (χ3v) is 3.78. The number of aliphatic imine (C=N–C) groups is 1. The molecule has 1 N–H and O–H groups in total. The van der Waals surface area contributed by atoms with Gasteiger partial charge in [-0.2, -0.15) is 13.2 Å². The van der Waals surface area contributed by atoms with Crippen molar-refractivity contribution in [1.29, 1.82) is 0 Å². The molecule has 0 saturated heterocycles. The third-order valence-electron chi connectivity index (χ3n) is 3.78. The number of hydrogen-bond acceptors (Lipinski definition) is 4. The summed E-state index contributed by atoms with van der Waals surface area (Å²) in [5, 5.41) is 22.6. The molecule has 0 aromatic heterocycles. The largest absolute Gasteiger partial charge is 0.507 e. The minimum Gasteiger partial charge on any atom is -0.507 e. The van der Waals surface area contributed by atoms with Crippen molar-refractivity contribution in [2.24, 2.45) is 4.99 Å². The van der Waals surface area contributed by atoms with E-state index < -0.39 is 22.4 Å². The second kappa shape index (κ2) is 6.47. The fourth-order valence-corrected chi connectivity index (χ4v) is 2.51. The van der Waals surface area contributed by atoms with E-state index >= 15 is 0 Å². The quantitative estimate of drug-likeness (QED) is 0.395. The summed E-state index contributed by atoms with van der Waals surface area (Å²) < 4.78 is 38.2. The van der Waals surface area contributed by atoms with Crippen molar-refractivity contribution in [2.45, 2.75) is 6.18 Å². The topological polar surface area (TPSA) is 75.7 Å². The molecule has 0 aliphatic carbocycles. The lowest BCUT2D eigenvalue weighted by Gasteiger charge is -2.07. The van der Waals surface area contributed by atoms with Crippen LogP contribution >= 0.6 is 0 Å². The highest BCUT2D eigenvalue weighted by atomic mass is 19.4. The first kappa shape index (κ1) is 17.4. The number of fused-ring (bicyclic) bond motifs is 1. The van der Waals surface area contributed by atoms with Crippen LogP contribution in [0.3, 0.4) is 0 Å². The van der Waals surface area contributed by atoms with Gasteiger partial charge >= 0.3 is 6.18 Å². The van der Waals surface area contributed by atoms with Crippen molar-refractivity contribution in [3.8, 4) is 5.75 Å². The molecule has 3 rings (SSSR count). The monoisotopic (exact) mass is 360 g/mol. The number of phenolic OH excluding ortho intramolecular Hbond substituents is 1. The Hall–Kier alpha value is -3.42. The minimum absolute atomic E-state index is 0.0954. The van der Waals surface area contributed by atoms with Gasteiger partial charge in [0.2, 0.25) is 0 Å². The molecular weight excluding hydrogens is 349 g/mol. The lowest BCUT2D eigenvalue weighted by atomic mass is 10.0. The van der Waals surface area contributed by atoms with Crippen LogP contribution in [0.25, 0.3) is 10.8 Å². The Bertz CT molecular complexity index is 1030. The van der Waals surface area contributed by atoms with Crippen LogP contribution < -0.4 is 0 Å². The Balaban J connectivity index is 2.10. The molecule has 0 heterocycles. The minimum atomic E-state index is -4.69. The number of phenols is 1. The zero-order chi connectivity index (χ0) is 18.9. The van der Waals surface area contributed by atoms with E-state index in [1.807, 2.05) is 6.07 Å². The highest BCUT2D eigenvalue weighted by Crippen LogP contribution is 2.36. The summed E-state index contributed by atoms with van der Waals surface area (Å²) in [7, 11) is 0. The summed E-state index contributed by atoms with van der Waals surface area (Å²) >= 11 is 0. The predicted octanol–water partition coefficient (Wildman–Crippen LogP) is 5.22. The molecule has 0 aliphatic heterocycles. The van der Waals surface area contributed by atoms with Crippen LogP contribution in [0.4, 0.5) is 24.5 Å². The van der Waals surface area contributed by atoms with Crippen LogP contribution in [-0.2, 0) is 6.18 Å². The molecule has 0 unspecified atom stereocenters. The molecule has 0 spiro atoms. The van der Waals surface area contributed by atoms with E-state index in [0.29, 0.717) is 17.0 Å². The smallest absolute Gasteiger partial charge is 0.416 e. The molecule has 132 valence electrons. The first-order chi connectivity index (χ1) is 12.3. The number of nitro benzene ring substituents is 1. The van der Waals surface area contributed by atoms with Gasteiger partial charge in [-0.25, -0.2) is 4.99 Å². The van der Waals surface area contributed by atoms with Gasteiger partial charge in [0.1, 0.15) is 11.4 Å². The SMILES string of the molecule is O=[N+]([O-])c1cc(C(F)(F)F)ccc1N=Cc1c(O)ccc2ccccc12. The number of aromatic hydroxyl groups is 1. The third kappa shape index (κ3) is 3.34. The van der Waals surface area contributed by atoms with Gasteiger partial charge in [0.05, 0.1) is 10.5 Å². The molecule has 3 aromatic carbocycles. The number of halogens is 3. The van der Waals surface area contributed by atoms with Crippen LogP contribution in [0, 0.1) is 10.1 Å². The van der Waals surface area contributed by atoms with E-state index in [1.54, 1.807) is 24.3 Å². The van der Waals surface area contributed by atoms with E-state index in [2.05, 4.69) is 4.99 Å². The second-order valence-electron chi connectivity index (χ2n) is 5.44. The Morgan fingerprint density at radius 2 is 1.81 bits per heavy atom. The summed E-state index contributed by atoms with van der Waals surface area (Å²) in [6, 6.07) is 12.3. The van der Waals surface area contributed by atoms with E-state index in [0.717, 1.165) is 17.5 Å². The van der Waals surface area contributed by atoms with Crippen molar-refractivity contribution >= 4 is 28.4 Å². The second-order valence-corrected chi connectivity index (χ2v) is 5.44. The molecule has 3 aromatic rings. The van der Waals surface area contributed by atoms with Crippen molar-refractivity contribution in [2.75, 3.05) is 0 Å². The Morgan fingerprint density at radius 1 is 1.08 bits per heavy atom. The lowest BCUT2D eigenvalue weighted by molar-refractivity contribution is -0.384. The van der Waals surface area contributed by atoms with E-state index in [1.165, 1.54) is 12.3 Å². The van der Waals surface area contributed by atoms with Crippen molar-refractivity contribution in [3.05, 3.63) is 75.8 Å². The van der Waals surface area contributed by atoms with Crippen LogP contribution in [0.15, 0.2) is 59.6 Å². The van der Waals surface area contributed by atoms with E-state index in [-0.39, 0.29) is 11.4 Å². The maximum atomic E-state index is 12.7. The van der Waals surface area contributed by atoms with Crippen LogP contribution in [-0.4, -0.2) is 16.2 Å². The standard InChI is InChI=1S/C18H11F3N2O3/c19-18(20,21)12-6-7-15(16(9-12)23(25)26)22-10-14-13-4-2-1-3-11(13)5-8-17(14)24/h1-10,24H. The van der Waals surface area contributed by atoms with Crippen LogP contribution in [0.2, 0.25) is 0 Å². The fraction of sp³-hybridized carbons (Fsp3) is 0.0556. The maximum absolute atomic E-state index is 12.7. The van der Waals surface area contributed by atoms with Crippen molar-refractivity contribution in [3.63, 3.8) is 0 Å². The molecule has 0 amide bonds. The summed E-state index contributed by atoms with van der Waals surface area (Å²) in [6.45, 7) is 0. The molecule has 0 saturated carbocycles. The van der Waals surface area contributed by atoms with Gasteiger partial charge in [0, 0.05) is 17.8 Å². The van der Waals surface area contributed by atoms with Gasteiger partial charge in [0.15, 0.2) is 0 Å². The first-order valence-corrected chi connectivity index (χ1v) is 7.38. The van der Waals surface area contributed by atoms with Gasteiger partial charge in [0.25, 0.3) is 5.69 Å². The number of alkyl halides is 3. The number of nitro groups is 1. The number of hydrogen-bond donors (Lipinski definition) is 1. The first-order valence-electron chi connectivity index (χ1n) is 7.38. The summed E-state index contributed by atoms with van der Waals surface area (Å²) in [5.74, 6) is -0.0954. The maximum Gasteiger partial charge on any atom is 0.416 e. The average Bonchev–Trinajstić information content (AvgIpc) is 2.60. The molecule has 0 aliphatic rings. The van der Waals surface area contributed by atoms with Gasteiger partial charge in [-0.15, -0.1) is 0 Å².